The van der Waals surface area contributed by atoms with Gasteiger partial charge in [-0.2, -0.15) is 0 Å². The van der Waals surface area contributed by atoms with Crippen molar-refractivity contribution >= 4 is 0 Å². The molecule has 0 aliphatic rings. The summed E-state index contributed by atoms with van der Waals surface area (Å²) >= 11 is 0. The molecule has 0 aliphatic heterocycles. The van der Waals surface area contributed by atoms with Crippen LogP contribution in [0.5, 0.6) is 0 Å². The van der Waals surface area contributed by atoms with Gasteiger partial charge < -0.3 is 9.84 Å². The summed E-state index contributed by atoms with van der Waals surface area (Å²) in [5.74, 6) is -0.355. The largest absolute Gasteiger partial charge is 1.00 e. The second-order valence-corrected chi connectivity index (χ2v) is 5.49. The van der Waals surface area contributed by atoms with Crippen LogP contribution in [0.4, 0.5) is 0 Å². The van der Waals surface area contributed by atoms with Crippen LogP contribution in [0.2, 0.25) is 0 Å². The zero-order chi connectivity index (χ0) is 16.8. The molecule has 2 nitrogen and oxygen atoms in total. The van der Waals surface area contributed by atoms with Gasteiger partial charge in [0.15, 0.2) is 0 Å². The summed E-state index contributed by atoms with van der Waals surface area (Å²) in [6, 6.07) is 29.6. The normalized spacial score (nSPS) is 11.5. The SMILES string of the molecule is C/C=C(/[O-])OC(c1ccccc1)(c1ccccc1)c1ccccc1.[Li+]. The second kappa shape index (κ2) is 8.62. The fraction of sp³-hybridized carbons (Fsp3) is 0.0909. The van der Waals surface area contributed by atoms with Crippen molar-refractivity contribution in [2.75, 3.05) is 0 Å². The Bertz CT molecular complexity index is 703. The Balaban J connectivity index is 0.00000225. The summed E-state index contributed by atoms with van der Waals surface area (Å²) in [7, 11) is 0. The molecule has 0 spiro atoms. The average Bonchev–Trinajstić information content (AvgIpc) is 2.68. The van der Waals surface area contributed by atoms with E-state index in [9.17, 15) is 5.11 Å². The monoisotopic (exact) mass is 322 g/mol. The molecule has 0 amide bonds. The summed E-state index contributed by atoms with van der Waals surface area (Å²) in [5, 5.41) is 12.3. The van der Waals surface area contributed by atoms with Gasteiger partial charge in [0, 0.05) is 5.95 Å². The van der Waals surface area contributed by atoms with Gasteiger partial charge in [0.2, 0.25) is 0 Å². The van der Waals surface area contributed by atoms with Crippen LogP contribution in [-0.4, -0.2) is 0 Å². The quantitative estimate of drug-likeness (QED) is 0.402. The fourth-order valence-electron chi connectivity index (χ4n) is 2.91. The smallest absolute Gasteiger partial charge is 0.593 e. The molecule has 0 aliphatic carbocycles. The average molecular weight is 322 g/mol. The van der Waals surface area contributed by atoms with Gasteiger partial charge in [0.25, 0.3) is 0 Å². The van der Waals surface area contributed by atoms with Crippen molar-refractivity contribution in [3.8, 4) is 0 Å². The predicted octanol–water partition coefficient (Wildman–Crippen LogP) is 1.22. The first-order valence-electron chi connectivity index (χ1n) is 7.96. The van der Waals surface area contributed by atoms with Gasteiger partial charge in [-0.1, -0.05) is 97.1 Å². The maximum atomic E-state index is 12.3. The van der Waals surface area contributed by atoms with E-state index in [1.54, 1.807) is 6.92 Å². The van der Waals surface area contributed by atoms with Crippen LogP contribution in [-0.2, 0) is 10.3 Å². The first-order valence-corrected chi connectivity index (χ1v) is 7.96. The van der Waals surface area contributed by atoms with Crippen molar-refractivity contribution in [2.45, 2.75) is 12.5 Å². The van der Waals surface area contributed by atoms with E-state index in [1.807, 2.05) is 91.0 Å². The maximum absolute atomic E-state index is 12.3. The molecule has 0 fully saturated rings. The summed E-state index contributed by atoms with van der Waals surface area (Å²) < 4.78 is 6.05. The van der Waals surface area contributed by atoms with Gasteiger partial charge in [0.05, 0.1) is 5.60 Å². The zero-order valence-corrected chi connectivity index (χ0v) is 14.6. The molecule has 0 aromatic heterocycles. The van der Waals surface area contributed by atoms with E-state index < -0.39 is 5.60 Å². The zero-order valence-electron chi connectivity index (χ0n) is 14.6. The van der Waals surface area contributed by atoms with Crippen molar-refractivity contribution in [3.05, 3.63) is 120 Å². The Morgan fingerprint density at radius 3 is 1.32 bits per heavy atom. The molecule has 120 valence electrons. The van der Waals surface area contributed by atoms with Gasteiger partial charge in [-0.3, -0.25) is 0 Å². The summed E-state index contributed by atoms with van der Waals surface area (Å²) in [4.78, 5) is 0. The molecule has 25 heavy (non-hydrogen) atoms. The van der Waals surface area contributed by atoms with Crippen molar-refractivity contribution in [1.82, 2.24) is 0 Å². The van der Waals surface area contributed by atoms with Gasteiger partial charge >= 0.3 is 18.9 Å². The molecule has 0 saturated carbocycles. The van der Waals surface area contributed by atoms with E-state index in [1.165, 1.54) is 6.08 Å². The van der Waals surface area contributed by atoms with Crippen LogP contribution >= 0.6 is 0 Å². The van der Waals surface area contributed by atoms with Crippen LogP contribution in [0, 0.1) is 0 Å². The Labute approximate surface area is 161 Å². The molecule has 0 radical (unpaired) electrons. The van der Waals surface area contributed by atoms with Crippen molar-refractivity contribution in [3.63, 3.8) is 0 Å². The third kappa shape index (κ3) is 3.82. The molecule has 0 saturated heterocycles. The van der Waals surface area contributed by atoms with E-state index in [0.29, 0.717) is 0 Å². The van der Waals surface area contributed by atoms with Crippen molar-refractivity contribution in [1.29, 1.82) is 0 Å². The van der Waals surface area contributed by atoms with E-state index in [0.717, 1.165) is 16.7 Å². The molecular formula is C22H19LiO2. The molecule has 0 atom stereocenters. The van der Waals surface area contributed by atoms with Crippen molar-refractivity contribution < 1.29 is 28.7 Å². The van der Waals surface area contributed by atoms with Gasteiger partial charge in [-0.15, -0.1) is 0 Å². The number of hydrogen-bond donors (Lipinski definition) is 0. The van der Waals surface area contributed by atoms with Crippen LogP contribution in [0.1, 0.15) is 23.6 Å². The number of ether oxygens (including phenoxy) is 1. The Hall–Kier alpha value is -2.40. The molecule has 0 bridgehead atoms. The summed E-state index contributed by atoms with van der Waals surface area (Å²) in [6.45, 7) is 1.69. The minimum atomic E-state index is -0.979. The predicted molar refractivity (Wildman–Crippen MR) is 94.1 cm³/mol. The van der Waals surface area contributed by atoms with Crippen LogP contribution < -0.4 is 24.0 Å². The molecule has 3 aromatic rings. The Morgan fingerprint density at radius 2 is 1.04 bits per heavy atom. The first kappa shape index (κ1) is 18.9. The third-order valence-corrected chi connectivity index (χ3v) is 4.03. The molecule has 3 rings (SSSR count). The minimum absolute atomic E-state index is 0. The fourth-order valence-corrected chi connectivity index (χ4v) is 2.91. The number of hydrogen-bond acceptors (Lipinski definition) is 2. The standard InChI is InChI=1S/C22H20O2.Li/c1-2-21(23)24-22(18-12-6-3-7-13-18,19-14-8-4-9-15-19)20-16-10-5-11-17-20;/h2-17,23H,1H3;/q;+1/p-1/b21-2-;. The van der Waals surface area contributed by atoms with Gasteiger partial charge in [-0.25, -0.2) is 0 Å². The summed E-state index contributed by atoms with van der Waals surface area (Å²) in [5.41, 5.74) is 1.76. The molecule has 3 aromatic carbocycles. The maximum Gasteiger partial charge on any atom is 1.00 e. The van der Waals surface area contributed by atoms with Crippen LogP contribution in [0.15, 0.2) is 103 Å². The van der Waals surface area contributed by atoms with E-state index in [2.05, 4.69) is 0 Å². The summed E-state index contributed by atoms with van der Waals surface area (Å²) in [6.07, 6.45) is 1.45. The molecule has 0 N–H and O–H groups in total. The number of allylic oxidation sites excluding steroid dienone is 1. The Morgan fingerprint density at radius 1 is 0.720 bits per heavy atom. The Kier molecular flexibility index (Phi) is 6.53. The molecule has 3 heteroatoms. The van der Waals surface area contributed by atoms with Gasteiger partial charge in [-0.05, 0) is 23.6 Å². The number of benzene rings is 3. The van der Waals surface area contributed by atoms with E-state index in [4.69, 9.17) is 4.74 Å². The molecule has 0 unspecified atom stereocenters. The van der Waals surface area contributed by atoms with Crippen LogP contribution in [0.25, 0.3) is 0 Å². The van der Waals surface area contributed by atoms with E-state index >= 15 is 0 Å². The van der Waals surface area contributed by atoms with E-state index in [-0.39, 0.29) is 24.8 Å². The number of rotatable bonds is 5. The minimum Gasteiger partial charge on any atom is -0.593 e. The third-order valence-electron chi connectivity index (χ3n) is 4.03. The van der Waals surface area contributed by atoms with Crippen molar-refractivity contribution in [2.24, 2.45) is 0 Å². The molecule has 0 heterocycles. The van der Waals surface area contributed by atoms with Crippen LogP contribution in [0.3, 0.4) is 0 Å². The van der Waals surface area contributed by atoms with Gasteiger partial charge in [0.1, 0.15) is 0 Å². The molecular weight excluding hydrogens is 303 g/mol. The first-order chi connectivity index (χ1) is 11.8. The topological polar surface area (TPSA) is 32.3 Å². The second-order valence-electron chi connectivity index (χ2n) is 5.49.